The molecule has 318 valence electrons. The van der Waals surface area contributed by atoms with Crippen LogP contribution in [0.3, 0.4) is 0 Å². The van der Waals surface area contributed by atoms with Crippen LogP contribution in [0.5, 0.6) is 0 Å². The maximum absolute atomic E-state index is 12.4. The van der Waals surface area contributed by atoms with Crippen LogP contribution < -0.4 is 0 Å². The van der Waals surface area contributed by atoms with Gasteiger partial charge < -0.3 is 19.3 Å². The second-order valence-corrected chi connectivity index (χ2v) is 16.6. The van der Waals surface area contributed by atoms with Gasteiger partial charge in [0.25, 0.3) is 0 Å². The summed E-state index contributed by atoms with van der Waals surface area (Å²) in [6, 6.07) is 0. The van der Waals surface area contributed by atoms with Gasteiger partial charge in [0, 0.05) is 12.8 Å². The van der Waals surface area contributed by atoms with Crippen molar-refractivity contribution in [2.24, 2.45) is 0 Å². The number of rotatable bonds is 42. The quantitative estimate of drug-likeness (QED) is 0.0272. The Bertz CT molecular complexity index is 931. The Hall–Kier alpha value is -1.47. The van der Waals surface area contributed by atoms with Crippen molar-refractivity contribution in [3.05, 3.63) is 24.3 Å². The van der Waals surface area contributed by atoms with E-state index in [4.69, 9.17) is 19.3 Å². The van der Waals surface area contributed by atoms with Crippen molar-refractivity contribution in [1.29, 1.82) is 0 Å². The number of hydrogen-bond acceptors (Lipinski definition) is 6. The molecule has 0 unspecified atom stereocenters. The van der Waals surface area contributed by atoms with Gasteiger partial charge in [0.15, 0.2) is 6.10 Å². The van der Waals surface area contributed by atoms with Crippen LogP contribution in [0.25, 0.3) is 0 Å². The van der Waals surface area contributed by atoms with E-state index in [-0.39, 0.29) is 19.4 Å². The molecular weight excluding hydrogens is 699 g/mol. The first-order chi connectivity index (χ1) is 26.3. The molecule has 0 saturated carbocycles. The Morgan fingerprint density at radius 1 is 0.463 bits per heavy atom. The molecule has 0 rings (SSSR count). The summed E-state index contributed by atoms with van der Waals surface area (Å²) in [4.78, 5) is 42.9. The maximum atomic E-state index is 12.4. The molecule has 54 heavy (non-hydrogen) atoms. The van der Waals surface area contributed by atoms with Gasteiger partial charge in [0.1, 0.15) is 6.61 Å². The third kappa shape index (κ3) is 43.3. The molecule has 0 aromatic carbocycles. The molecule has 0 bridgehead atoms. The van der Waals surface area contributed by atoms with Gasteiger partial charge in [-0.05, 0) is 64.2 Å². The molecule has 0 aliphatic carbocycles. The summed E-state index contributed by atoms with van der Waals surface area (Å²) in [5, 5.41) is 0. The van der Waals surface area contributed by atoms with Gasteiger partial charge in [-0.2, -0.15) is 0 Å². The Morgan fingerprint density at radius 2 is 0.778 bits per heavy atom. The van der Waals surface area contributed by atoms with Gasteiger partial charge >= 0.3 is 19.8 Å². The maximum Gasteiger partial charge on any atom is 0.469 e. The molecule has 8 nitrogen and oxygen atoms in total. The lowest BCUT2D eigenvalue weighted by Crippen LogP contribution is -2.29. The predicted octanol–water partition coefficient (Wildman–Crippen LogP) is 14.0. The molecule has 0 aromatic rings. The van der Waals surface area contributed by atoms with Gasteiger partial charge in [-0.1, -0.05) is 179 Å². The minimum atomic E-state index is -4.76. The first-order valence-corrected chi connectivity index (χ1v) is 24.2. The summed E-state index contributed by atoms with van der Waals surface area (Å²) in [5.74, 6) is -0.902. The minimum absolute atomic E-state index is 0.210. The van der Waals surface area contributed by atoms with E-state index >= 15 is 0 Å². The lowest BCUT2D eigenvalue weighted by Gasteiger charge is -2.18. The number of hydrogen-bond donors (Lipinski definition) is 2. The van der Waals surface area contributed by atoms with Crippen LogP contribution in [0.2, 0.25) is 0 Å². The predicted molar refractivity (Wildman–Crippen MR) is 225 cm³/mol. The number of carbonyl (C=O) groups excluding carboxylic acids is 2. The van der Waals surface area contributed by atoms with Crippen molar-refractivity contribution < 1.29 is 37.9 Å². The highest BCUT2D eigenvalue weighted by molar-refractivity contribution is 7.46. The van der Waals surface area contributed by atoms with Crippen LogP contribution in [0.4, 0.5) is 0 Å². The zero-order chi connectivity index (χ0) is 39.6. The molecule has 0 heterocycles. The van der Waals surface area contributed by atoms with Crippen molar-refractivity contribution in [1.82, 2.24) is 0 Å². The lowest BCUT2D eigenvalue weighted by atomic mass is 10.0. The van der Waals surface area contributed by atoms with Crippen molar-refractivity contribution in [3.8, 4) is 0 Å². The summed E-state index contributed by atoms with van der Waals surface area (Å²) in [6.07, 6.45) is 47.6. The number of esters is 2. The van der Waals surface area contributed by atoms with Gasteiger partial charge in [-0.25, -0.2) is 4.57 Å². The minimum Gasteiger partial charge on any atom is -0.462 e. The number of unbranched alkanes of at least 4 members (excludes halogenated alkanes) is 28. The smallest absolute Gasteiger partial charge is 0.462 e. The molecule has 0 aliphatic heterocycles. The van der Waals surface area contributed by atoms with Crippen LogP contribution in [-0.4, -0.2) is 41.0 Å². The second-order valence-electron chi connectivity index (χ2n) is 15.4. The van der Waals surface area contributed by atoms with E-state index in [0.717, 1.165) is 38.5 Å². The van der Waals surface area contributed by atoms with E-state index in [1.165, 1.54) is 154 Å². The van der Waals surface area contributed by atoms with Crippen molar-refractivity contribution in [2.45, 2.75) is 238 Å². The fourth-order valence-corrected chi connectivity index (χ4v) is 6.90. The highest BCUT2D eigenvalue weighted by Crippen LogP contribution is 2.36. The first-order valence-electron chi connectivity index (χ1n) is 22.6. The molecule has 1 atom stereocenters. The number of phosphoric acid groups is 1. The van der Waals surface area contributed by atoms with Crippen LogP contribution in [0.1, 0.15) is 232 Å². The molecule has 2 N–H and O–H groups in total. The molecule has 0 amide bonds. The first kappa shape index (κ1) is 52.5. The Balaban J connectivity index is 3.87. The van der Waals surface area contributed by atoms with E-state index in [1.54, 1.807) is 0 Å². The van der Waals surface area contributed by atoms with Gasteiger partial charge in [0.2, 0.25) is 0 Å². The fraction of sp³-hybridized carbons (Fsp3) is 0.867. The summed E-state index contributed by atoms with van der Waals surface area (Å²) in [7, 11) is -4.76. The fourth-order valence-electron chi connectivity index (χ4n) is 6.54. The third-order valence-corrected chi connectivity index (χ3v) is 10.4. The molecule has 0 spiro atoms. The Kier molecular flexibility index (Phi) is 40.1. The SMILES string of the molecule is CCCCCCCC/C=C/CCCCCCCCCCCCCC(=O)O[C@H](COC(=O)CCCC/C=C/CCCCCCCCCCC)COP(=O)(O)O. The molecule has 0 aliphatic rings. The standard InChI is InChI=1S/C45H85O8P/c1-3-5-7-9-11-13-15-17-19-20-21-22-23-24-26-28-30-32-34-36-38-40-45(47)53-43(42-52-54(48,49)50)41-51-44(46)39-37-35-33-31-29-27-25-18-16-14-12-10-8-6-4-2/h17,19,29,31,43H,3-16,18,20-28,30,32-42H2,1-2H3,(H2,48,49,50)/b19-17+,31-29+/t43-/m1/s1. The van der Waals surface area contributed by atoms with Crippen molar-refractivity contribution >= 4 is 19.8 Å². The lowest BCUT2D eigenvalue weighted by molar-refractivity contribution is -0.161. The summed E-state index contributed by atoms with van der Waals surface area (Å²) in [6.45, 7) is 3.69. The summed E-state index contributed by atoms with van der Waals surface area (Å²) < 4.78 is 26.4. The highest BCUT2D eigenvalue weighted by atomic mass is 31.2. The number of ether oxygens (including phenoxy) is 2. The Labute approximate surface area is 332 Å². The summed E-state index contributed by atoms with van der Waals surface area (Å²) in [5.41, 5.74) is 0. The molecule has 0 saturated heterocycles. The van der Waals surface area contributed by atoms with Crippen molar-refractivity contribution in [3.63, 3.8) is 0 Å². The van der Waals surface area contributed by atoms with E-state index in [0.29, 0.717) is 12.8 Å². The number of carbonyl (C=O) groups is 2. The Morgan fingerprint density at radius 3 is 1.17 bits per heavy atom. The summed E-state index contributed by atoms with van der Waals surface area (Å²) >= 11 is 0. The monoisotopic (exact) mass is 785 g/mol. The zero-order valence-corrected chi connectivity index (χ0v) is 36.0. The van der Waals surface area contributed by atoms with Crippen LogP contribution in [-0.2, 0) is 28.2 Å². The van der Waals surface area contributed by atoms with Gasteiger partial charge in [-0.15, -0.1) is 0 Å². The number of allylic oxidation sites excluding steroid dienone is 4. The largest absolute Gasteiger partial charge is 0.469 e. The molecule has 9 heteroatoms. The van der Waals surface area contributed by atoms with Crippen LogP contribution in [0, 0.1) is 0 Å². The third-order valence-electron chi connectivity index (χ3n) is 9.94. The molecule has 0 radical (unpaired) electrons. The zero-order valence-electron chi connectivity index (χ0n) is 35.1. The average molecular weight is 785 g/mol. The van der Waals surface area contributed by atoms with E-state index in [2.05, 4.69) is 42.7 Å². The van der Waals surface area contributed by atoms with Gasteiger partial charge in [0.05, 0.1) is 6.61 Å². The van der Waals surface area contributed by atoms with Crippen LogP contribution >= 0.6 is 7.82 Å². The molecular formula is C45H85O8P. The normalized spacial score (nSPS) is 12.6. The van der Waals surface area contributed by atoms with Gasteiger partial charge in [-0.3, -0.25) is 14.1 Å². The highest BCUT2D eigenvalue weighted by Gasteiger charge is 2.22. The van der Waals surface area contributed by atoms with E-state index in [9.17, 15) is 14.2 Å². The molecule has 0 aromatic heterocycles. The van der Waals surface area contributed by atoms with Crippen molar-refractivity contribution in [2.75, 3.05) is 13.2 Å². The van der Waals surface area contributed by atoms with E-state index < -0.39 is 32.5 Å². The topological polar surface area (TPSA) is 119 Å². The average Bonchev–Trinajstić information content (AvgIpc) is 3.14. The second kappa shape index (κ2) is 41.2. The van der Waals surface area contributed by atoms with Crippen LogP contribution in [0.15, 0.2) is 24.3 Å². The number of phosphoric ester groups is 1. The molecule has 0 fully saturated rings. The van der Waals surface area contributed by atoms with E-state index in [1.807, 2.05) is 0 Å².